The van der Waals surface area contributed by atoms with Crippen molar-refractivity contribution in [1.29, 1.82) is 0 Å². The fraction of sp³-hybridized carbons (Fsp3) is 0.966. The quantitative estimate of drug-likeness (QED) is 0.138. The van der Waals surface area contributed by atoms with Crippen LogP contribution in [0.4, 0.5) is 0 Å². The van der Waals surface area contributed by atoms with Crippen LogP contribution in [-0.2, 0) is 23.7 Å². The van der Waals surface area contributed by atoms with E-state index in [4.69, 9.17) is 18.9 Å². The molecule has 1 saturated carbocycles. The molecule has 4 heterocycles. The number of likely N-dealkylation sites (tertiary alicyclic amines) is 1. The first-order valence-corrected chi connectivity index (χ1v) is 16.1. The molecule has 1 amide bonds. The first kappa shape index (κ1) is 32.4. The maximum Gasteiger partial charge on any atom is 0.237 e. The number of methoxy groups -OCH3 is 1. The molecule has 5 fully saturated rings. The molecule has 0 spiro atoms. The fourth-order valence-electron chi connectivity index (χ4n) is 6.99. The number of hydrogen-bond donors (Lipinski definition) is 6. The number of carbonyl (C=O) groups is 1. The summed E-state index contributed by atoms with van der Waals surface area (Å²) in [5.74, 6) is 1.26. The SMILES string of the molecule is COCCN(C)C1NC(NC2COC2)CC(C(=O)NC[C@H](O)CN2CCC3CC(OCC4OCNC4C)CCC3C2)N1. The molecular formula is C29H55N7O6. The molecule has 0 bridgehead atoms. The van der Waals surface area contributed by atoms with Crippen LogP contribution < -0.4 is 26.6 Å². The van der Waals surface area contributed by atoms with Gasteiger partial charge in [-0.25, -0.2) is 0 Å². The lowest BCUT2D eigenvalue weighted by Crippen LogP contribution is -2.71. The number of nitrogens with one attached hydrogen (secondary N) is 5. The highest BCUT2D eigenvalue weighted by Crippen LogP contribution is 2.37. The molecule has 8 unspecified atom stereocenters. The van der Waals surface area contributed by atoms with E-state index >= 15 is 0 Å². The summed E-state index contributed by atoms with van der Waals surface area (Å²) in [4.78, 5) is 17.7. The topological polar surface area (TPSA) is 141 Å². The minimum Gasteiger partial charge on any atom is -0.390 e. The molecule has 9 atom stereocenters. The third-order valence-electron chi connectivity index (χ3n) is 9.81. The van der Waals surface area contributed by atoms with E-state index in [1.165, 1.54) is 6.42 Å². The highest BCUT2D eigenvalue weighted by Gasteiger charge is 2.38. The average molecular weight is 598 g/mol. The summed E-state index contributed by atoms with van der Waals surface area (Å²) in [6.07, 6.45) is 4.82. The molecule has 0 aromatic carbocycles. The highest BCUT2D eigenvalue weighted by molar-refractivity contribution is 5.82. The second-order valence-corrected chi connectivity index (χ2v) is 13.0. The number of piperidine rings is 1. The van der Waals surface area contributed by atoms with Gasteiger partial charge in [-0.15, -0.1) is 0 Å². The summed E-state index contributed by atoms with van der Waals surface area (Å²) in [5, 5.41) is 27.7. The van der Waals surface area contributed by atoms with Gasteiger partial charge in [0, 0.05) is 45.8 Å². The Kier molecular flexibility index (Phi) is 12.2. The monoisotopic (exact) mass is 597 g/mol. The second-order valence-electron chi connectivity index (χ2n) is 13.0. The predicted molar refractivity (Wildman–Crippen MR) is 157 cm³/mol. The number of amides is 1. The average Bonchev–Trinajstić information content (AvgIpc) is 3.39. The number of rotatable bonds is 14. The van der Waals surface area contributed by atoms with Gasteiger partial charge < -0.3 is 34.3 Å². The number of likely N-dealkylation sites (N-methyl/N-ethyl adjacent to an activating group) is 1. The van der Waals surface area contributed by atoms with Crippen molar-refractivity contribution in [2.45, 2.75) is 87.9 Å². The van der Waals surface area contributed by atoms with E-state index in [1.807, 2.05) is 7.05 Å². The molecule has 42 heavy (non-hydrogen) atoms. The normalized spacial score (nSPS) is 36.9. The Hall–Kier alpha value is -0.970. The lowest BCUT2D eigenvalue weighted by molar-refractivity contribution is -0.126. The minimum absolute atomic E-state index is 0.0192. The van der Waals surface area contributed by atoms with Crippen LogP contribution in [0.25, 0.3) is 0 Å². The standard InChI is InChI=1S/C29H55N7O6/c1-19-26(42-18-31-19)17-41-24-5-4-21-13-36(7-6-20(21)10-24)14-23(37)12-30-28(38)25-11-27(32-22-15-40-16-22)34-29(33-25)35(2)8-9-39-3/h19-27,29,31-34,37H,4-18H2,1-3H3,(H,30,38)/t19?,20?,21?,23-,24?,25?,26?,27?,29?/m0/s1. The van der Waals surface area contributed by atoms with Gasteiger partial charge in [0.15, 0.2) is 0 Å². The molecule has 0 aromatic rings. The van der Waals surface area contributed by atoms with Crippen molar-refractivity contribution in [2.75, 3.05) is 80.0 Å². The lowest BCUT2D eigenvalue weighted by atomic mass is 9.74. The summed E-state index contributed by atoms with van der Waals surface area (Å²) in [7, 11) is 3.69. The van der Waals surface area contributed by atoms with Crippen molar-refractivity contribution in [1.82, 2.24) is 36.4 Å². The number of ether oxygens (including phenoxy) is 4. The Balaban J connectivity index is 1.02. The van der Waals surface area contributed by atoms with E-state index in [0.29, 0.717) is 76.1 Å². The van der Waals surface area contributed by atoms with Crippen molar-refractivity contribution in [2.24, 2.45) is 11.8 Å². The second kappa shape index (κ2) is 15.8. The van der Waals surface area contributed by atoms with Gasteiger partial charge in [-0.3, -0.25) is 31.0 Å². The molecule has 0 aromatic heterocycles. The zero-order valence-corrected chi connectivity index (χ0v) is 25.8. The molecule has 5 aliphatic rings. The van der Waals surface area contributed by atoms with Crippen molar-refractivity contribution in [3.8, 4) is 0 Å². The third-order valence-corrected chi connectivity index (χ3v) is 9.81. The van der Waals surface area contributed by atoms with E-state index < -0.39 is 6.10 Å². The zero-order valence-electron chi connectivity index (χ0n) is 25.8. The molecule has 242 valence electrons. The van der Waals surface area contributed by atoms with Gasteiger partial charge in [-0.05, 0) is 58.0 Å². The van der Waals surface area contributed by atoms with E-state index in [0.717, 1.165) is 38.9 Å². The van der Waals surface area contributed by atoms with Crippen LogP contribution in [0, 0.1) is 11.8 Å². The Morgan fingerprint density at radius 1 is 1.19 bits per heavy atom. The van der Waals surface area contributed by atoms with E-state index in [9.17, 15) is 9.90 Å². The summed E-state index contributed by atoms with van der Waals surface area (Å²) in [6.45, 7) is 8.99. The van der Waals surface area contributed by atoms with Crippen LogP contribution >= 0.6 is 0 Å². The van der Waals surface area contributed by atoms with Crippen LogP contribution in [0.5, 0.6) is 0 Å². The third kappa shape index (κ3) is 9.04. The number of hydrogen-bond acceptors (Lipinski definition) is 12. The zero-order chi connectivity index (χ0) is 29.5. The molecule has 0 radical (unpaired) electrons. The molecule has 4 aliphatic heterocycles. The minimum atomic E-state index is -0.602. The lowest BCUT2D eigenvalue weighted by Gasteiger charge is -2.44. The van der Waals surface area contributed by atoms with E-state index in [-0.39, 0.29) is 37.1 Å². The van der Waals surface area contributed by atoms with Crippen LogP contribution in [0.3, 0.4) is 0 Å². The van der Waals surface area contributed by atoms with Gasteiger partial charge in [0.05, 0.1) is 69.7 Å². The number of fused-ring (bicyclic) bond motifs is 1. The predicted octanol–water partition coefficient (Wildman–Crippen LogP) is -1.57. The number of nitrogens with zero attached hydrogens (tertiary/aromatic N) is 2. The number of aliphatic hydroxyl groups is 1. The largest absolute Gasteiger partial charge is 0.390 e. The van der Waals surface area contributed by atoms with Gasteiger partial charge in [0.2, 0.25) is 5.91 Å². The Morgan fingerprint density at radius 3 is 2.79 bits per heavy atom. The van der Waals surface area contributed by atoms with Crippen molar-refractivity contribution in [3.05, 3.63) is 0 Å². The maximum atomic E-state index is 13.2. The van der Waals surface area contributed by atoms with Crippen LogP contribution in [-0.4, -0.2) is 150 Å². The molecule has 6 N–H and O–H groups in total. The molecule has 4 saturated heterocycles. The summed E-state index contributed by atoms with van der Waals surface area (Å²) in [6, 6.07) is 0.276. The van der Waals surface area contributed by atoms with E-state index in [2.05, 4.69) is 43.3 Å². The number of aliphatic hydroxyl groups excluding tert-OH is 1. The van der Waals surface area contributed by atoms with Gasteiger partial charge in [-0.1, -0.05) is 0 Å². The van der Waals surface area contributed by atoms with Gasteiger partial charge in [0.25, 0.3) is 0 Å². The van der Waals surface area contributed by atoms with Gasteiger partial charge in [-0.2, -0.15) is 0 Å². The molecule has 1 aliphatic carbocycles. The summed E-state index contributed by atoms with van der Waals surface area (Å²) >= 11 is 0. The van der Waals surface area contributed by atoms with Gasteiger partial charge in [0.1, 0.15) is 6.29 Å². The smallest absolute Gasteiger partial charge is 0.237 e. The summed E-state index contributed by atoms with van der Waals surface area (Å²) in [5.41, 5.74) is 0. The Bertz CT molecular complexity index is 840. The van der Waals surface area contributed by atoms with E-state index in [1.54, 1.807) is 7.11 Å². The first-order valence-electron chi connectivity index (χ1n) is 16.1. The van der Waals surface area contributed by atoms with Crippen molar-refractivity contribution >= 4 is 5.91 Å². The molecule has 13 heteroatoms. The maximum absolute atomic E-state index is 13.2. The molecular weight excluding hydrogens is 542 g/mol. The molecule has 5 rings (SSSR count). The molecule has 13 nitrogen and oxygen atoms in total. The van der Waals surface area contributed by atoms with Crippen LogP contribution in [0.2, 0.25) is 0 Å². The van der Waals surface area contributed by atoms with Crippen LogP contribution in [0.1, 0.15) is 39.0 Å². The summed E-state index contributed by atoms with van der Waals surface area (Å²) < 4.78 is 22.5. The number of carbonyl (C=O) groups excluding carboxylic acids is 1. The first-order chi connectivity index (χ1) is 20.4. The Morgan fingerprint density at radius 2 is 2.05 bits per heavy atom. The van der Waals surface area contributed by atoms with Crippen molar-refractivity contribution in [3.63, 3.8) is 0 Å². The highest BCUT2D eigenvalue weighted by atomic mass is 16.6. The van der Waals surface area contributed by atoms with Gasteiger partial charge >= 0.3 is 0 Å². The van der Waals surface area contributed by atoms with Crippen LogP contribution in [0.15, 0.2) is 0 Å². The number of β-amino-alcohol motifs (C(OH)–C–C–N with tert-alkyl or cyclic N) is 1. The van der Waals surface area contributed by atoms with Crippen molar-refractivity contribution < 1.29 is 28.8 Å². The Labute approximate surface area is 251 Å². The fourth-order valence-corrected chi connectivity index (χ4v) is 6.99.